The van der Waals surface area contributed by atoms with E-state index in [-0.39, 0.29) is 0 Å². The van der Waals surface area contributed by atoms with Crippen LogP contribution >= 0.6 is 0 Å². The molecular weight excluding hydrogens is 290 g/mol. The number of nitrogens with two attached hydrogens (primary N) is 1. The standard InChI is InChI=1S/C13H13N5.O2S/c1-8-3-2-4-9(5-8)6-10-7-11(14)15-13-12(10)16-18-17-13;1-3-2/h2-5,7H,6H2,1H3,(H3,14,15,16,17,18);. The van der Waals surface area contributed by atoms with Crippen molar-refractivity contribution < 1.29 is 8.42 Å². The predicted octanol–water partition coefficient (Wildman–Crippen LogP) is 1.16. The number of nitrogens with zero attached hydrogens (tertiary/aromatic N) is 3. The Kier molecular flexibility index (Phi) is 4.72. The molecule has 8 heteroatoms. The molecule has 0 aliphatic rings. The highest BCUT2D eigenvalue weighted by atomic mass is 32.1. The lowest BCUT2D eigenvalue weighted by atomic mass is 10.0. The number of anilines is 1. The Labute approximate surface area is 124 Å². The molecule has 0 saturated carbocycles. The van der Waals surface area contributed by atoms with Crippen LogP contribution in [-0.2, 0) is 18.0 Å². The second-order valence-electron chi connectivity index (χ2n) is 4.44. The molecule has 0 aliphatic heterocycles. The van der Waals surface area contributed by atoms with E-state index in [4.69, 9.17) is 14.2 Å². The highest BCUT2D eigenvalue weighted by Crippen LogP contribution is 2.19. The van der Waals surface area contributed by atoms with Gasteiger partial charge >= 0.3 is 11.6 Å². The van der Waals surface area contributed by atoms with Crippen molar-refractivity contribution in [3.05, 3.63) is 47.0 Å². The second-order valence-corrected chi connectivity index (χ2v) is 4.57. The highest BCUT2D eigenvalue weighted by Gasteiger charge is 2.08. The number of aromatic amines is 1. The van der Waals surface area contributed by atoms with Crippen LogP contribution in [0.1, 0.15) is 16.7 Å². The Morgan fingerprint density at radius 3 is 2.71 bits per heavy atom. The number of hydrogen-bond acceptors (Lipinski definition) is 6. The maximum Gasteiger partial charge on any atom is 0.335 e. The van der Waals surface area contributed by atoms with E-state index < -0.39 is 11.6 Å². The lowest BCUT2D eigenvalue weighted by molar-refractivity contribution is 0.630. The van der Waals surface area contributed by atoms with Crippen LogP contribution in [0.15, 0.2) is 30.3 Å². The quantitative estimate of drug-likeness (QED) is 0.734. The van der Waals surface area contributed by atoms with Gasteiger partial charge in [0.1, 0.15) is 11.3 Å². The van der Waals surface area contributed by atoms with Crippen LogP contribution in [0.4, 0.5) is 5.82 Å². The molecule has 7 nitrogen and oxygen atoms in total. The molecule has 2 heterocycles. The molecule has 3 N–H and O–H groups in total. The van der Waals surface area contributed by atoms with E-state index in [0.29, 0.717) is 11.5 Å². The van der Waals surface area contributed by atoms with Crippen LogP contribution in [-0.4, -0.2) is 28.8 Å². The van der Waals surface area contributed by atoms with Gasteiger partial charge in [-0.05, 0) is 30.5 Å². The minimum absolute atomic E-state index is 0.471. The van der Waals surface area contributed by atoms with E-state index in [2.05, 4.69) is 51.6 Å². The van der Waals surface area contributed by atoms with Crippen molar-refractivity contribution in [1.29, 1.82) is 0 Å². The molecule has 0 bridgehead atoms. The summed E-state index contributed by atoms with van der Waals surface area (Å²) in [5, 5.41) is 10.7. The number of fused-ring (bicyclic) bond motifs is 1. The Morgan fingerprint density at radius 1 is 1.24 bits per heavy atom. The van der Waals surface area contributed by atoms with Crippen LogP contribution in [0.5, 0.6) is 0 Å². The van der Waals surface area contributed by atoms with E-state index >= 15 is 0 Å². The van der Waals surface area contributed by atoms with Gasteiger partial charge in [0.25, 0.3) is 0 Å². The molecule has 1 aromatic carbocycles. The first-order chi connectivity index (χ1) is 10.1. The Bertz CT molecular complexity index is 796. The number of nitrogen functional groups attached to an aromatic ring is 1. The number of aryl methyl sites for hydroxylation is 1. The summed E-state index contributed by atoms with van der Waals surface area (Å²) in [4.78, 5) is 4.13. The number of nitrogens with one attached hydrogen (secondary N) is 1. The average Bonchev–Trinajstić information content (AvgIpc) is 2.88. The van der Waals surface area contributed by atoms with Gasteiger partial charge < -0.3 is 5.73 Å². The van der Waals surface area contributed by atoms with Gasteiger partial charge in [-0.15, -0.1) is 5.10 Å². The fourth-order valence-electron chi connectivity index (χ4n) is 2.10. The molecule has 0 amide bonds. The van der Waals surface area contributed by atoms with E-state index in [1.54, 1.807) is 0 Å². The first-order valence-corrected chi connectivity index (χ1v) is 6.74. The number of H-pyrrole nitrogens is 1. The van der Waals surface area contributed by atoms with Crippen LogP contribution < -0.4 is 5.73 Å². The van der Waals surface area contributed by atoms with Gasteiger partial charge in [0.05, 0.1) is 0 Å². The minimum Gasteiger partial charge on any atom is -0.384 e. The molecule has 0 saturated heterocycles. The van der Waals surface area contributed by atoms with Crippen molar-refractivity contribution in [3.8, 4) is 0 Å². The van der Waals surface area contributed by atoms with Gasteiger partial charge in [-0.1, -0.05) is 29.8 Å². The van der Waals surface area contributed by atoms with E-state index in [1.807, 2.05) is 6.07 Å². The summed E-state index contributed by atoms with van der Waals surface area (Å²) < 4.78 is 16.6. The van der Waals surface area contributed by atoms with E-state index in [1.165, 1.54) is 11.1 Å². The third-order valence-electron chi connectivity index (χ3n) is 2.87. The lowest BCUT2D eigenvalue weighted by Crippen LogP contribution is -1.96. The number of hydrogen-bond donors (Lipinski definition) is 2. The van der Waals surface area contributed by atoms with Crippen molar-refractivity contribution in [2.24, 2.45) is 0 Å². The highest BCUT2D eigenvalue weighted by molar-refractivity contribution is 7.51. The largest absolute Gasteiger partial charge is 0.384 e. The van der Waals surface area contributed by atoms with Crippen molar-refractivity contribution in [2.45, 2.75) is 13.3 Å². The fourth-order valence-corrected chi connectivity index (χ4v) is 2.10. The second kappa shape index (κ2) is 6.71. The summed E-state index contributed by atoms with van der Waals surface area (Å²) in [5.41, 5.74) is 10.6. The molecule has 0 atom stereocenters. The van der Waals surface area contributed by atoms with Crippen LogP contribution in [0.2, 0.25) is 0 Å². The van der Waals surface area contributed by atoms with E-state index in [0.717, 1.165) is 17.5 Å². The lowest BCUT2D eigenvalue weighted by Gasteiger charge is -2.04. The molecule has 21 heavy (non-hydrogen) atoms. The molecular formula is C13H13N5O2S. The maximum absolute atomic E-state index is 8.29. The molecule has 0 aliphatic carbocycles. The SMILES string of the molecule is Cc1cccc(Cc2cc(N)nc3n[nH]nc23)c1.O=S=O. The maximum atomic E-state index is 8.29. The molecule has 0 unspecified atom stereocenters. The topological polar surface area (TPSA) is 115 Å². The van der Waals surface area contributed by atoms with Gasteiger partial charge in [0.15, 0.2) is 0 Å². The average molecular weight is 303 g/mol. The molecule has 3 aromatic rings. The zero-order valence-corrected chi connectivity index (χ0v) is 12.1. The third kappa shape index (κ3) is 3.69. The Morgan fingerprint density at radius 2 is 2.00 bits per heavy atom. The first kappa shape index (κ1) is 14.8. The van der Waals surface area contributed by atoms with Crippen molar-refractivity contribution in [3.63, 3.8) is 0 Å². The minimum atomic E-state index is -0.750. The summed E-state index contributed by atoms with van der Waals surface area (Å²) >= 11 is -0.750. The number of aromatic nitrogens is 4. The fraction of sp³-hybridized carbons (Fsp3) is 0.154. The molecule has 108 valence electrons. The van der Waals surface area contributed by atoms with Gasteiger partial charge in [-0.2, -0.15) is 18.7 Å². The Hall–Kier alpha value is -2.61. The van der Waals surface area contributed by atoms with Crippen LogP contribution in [0, 0.1) is 6.92 Å². The summed E-state index contributed by atoms with van der Waals surface area (Å²) in [6.07, 6.45) is 0.775. The number of rotatable bonds is 2. The first-order valence-electron chi connectivity index (χ1n) is 6.07. The summed E-state index contributed by atoms with van der Waals surface area (Å²) in [6.45, 7) is 2.08. The number of benzene rings is 1. The molecule has 0 fully saturated rings. The van der Waals surface area contributed by atoms with Crippen molar-refractivity contribution >= 4 is 28.6 Å². The zero-order valence-electron chi connectivity index (χ0n) is 11.2. The third-order valence-corrected chi connectivity index (χ3v) is 2.87. The summed E-state index contributed by atoms with van der Waals surface area (Å²) in [7, 11) is 0. The smallest absolute Gasteiger partial charge is 0.335 e. The van der Waals surface area contributed by atoms with Gasteiger partial charge in [-0.25, -0.2) is 4.98 Å². The van der Waals surface area contributed by atoms with Gasteiger partial charge in [-0.3, -0.25) is 0 Å². The predicted molar refractivity (Wildman–Crippen MR) is 79.0 cm³/mol. The summed E-state index contributed by atoms with van der Waals surface area (Å²) in [5.74, 6) is 0.471. The van der Waals surface area contributed by atoms with Gasteiger partial charge in [0, 0.05) is 0 Å². The monoisotopic (exact) mass is 303 g/mol. The number of pyridine rings is 1. The van der Waals surface area contributed by atoms with Gasteiger partial charge in [0.2, 0.25) is 5.65 Å². The van der Waals surface area contributed by atoms with Crippen LogP contribution in [0.3, 0.4) is 0 Å². The molecule has 2 aromatic heterocycles. The normalized spacial score (nSPS) is 9.95. The van der Waals surface area contributed by atoms with Crippen molar-refractivity contribution in [2.75, 3.05) is 5.73 Å². The Balaban J connectivity index is 0.000000497. The van der Waals surface area contributed by atoms with Crippen molar-refractivity contribution in [1.82, 2.24) is 20.4 Å². The van der Waals surface area contributed by atoms with E-state index in [9.17, 15) is 0 Å². The zero-order chi connectivity index (χ0) is 15.2. The van der Waals surface area contributed by atoms with Crippen LogP contribution in [0.25, 0.3) is 11.2 Å². The molecule has 3 rings (SSSR count). The summed E-state index contributed by atoms with van der Waals surface area (Å²) in [6, 6.07) is 10.2. The molecule has 0 radical (unpaired) electrons. The molecule has 0 spiro atoms.